The zero-order valence-corrected chi connectivity index (χ0v) is 19.0. The molecule has 0 heterocycles. The Bertz CT molecular complexity index is 309. The van der Waals surface area contributed by atoms with Gasteiger partial charge >= 0.3 is 0 Å². The van der Waals surface area contributed by atoms with Crippen LogP contribution in [-0.2, 0) is 9.57 Å². The first-order chi connectivity index (χ1) is 12.3. The van der Waals surface area contributed by atoms with Crippen LogP contribution in [0.4, 0.5) is 0 Å². The molecule has 26 heavy (non-hydrogen) atoms. The van der Waals surface area contributed by atoms with Gasteiger partial charge in [-0.2, -0.15) is 12.6 Å². The van der Waals surface area contributed by atoms with Crippen molar-refractivity contribution >= 4 is 12.6 Å². The summed E-state index contributed by atoms with van der Waals surface area (Å²) in [7, 11) is 0. The lowest BCUT2D eigenvalue weighted by molar-refractivity contribution is -0.124. The molecule has 0 fully saturated rings. The molecule has 0 aromatic rings. The van der Waals surface area contributed by atoms with Crippen LogP contribution in [0.25, 0.3) is 0 Å². The lowest BCUT2D eigenvalue weighted by Gasteiger charge is -2.30. The maximum Gasteiger partial charge on any atom is 0.107 e. The van der Waals surface area contributed by atoms with Crippen molar-refractivity contribution in [2.75, 3.05) is 12.4 Å². The third-order valence-electron chi connectivity index (χ3n) is 5.07. The number of unbranched alkanes of at least 4 members (excludes halogenated alkanes) is 12. The summed E-state index contributed by atoms with van der Waals surface area (Å²) < 4.78 is 5.99. The Hall–Kier alpha value is 0.230. The van der Waals surface area contributed by atoms with E-state index in [0.717, 1.165) is 12.2 Å². The highest BCUT2D eigenvalue weighted by atomic mass is 32.1. The average molecular weight is 390 g/mol. The van der Waals surface area contributed by atoms with Crippen molar-refractivity contribution in [1.82, 2.24) is 0 Å². The number of rotatable bonds is 19. The van der Waals surface area contributed by atoms with E-state index in [2.05, 4.69) is 26.5 Å². The molecule has 0 saturated carbocycles. The van der Waals surface area contributed by atoms with E-state index < -0.39 is 5.60 Å². The predicted molar refractivity (Wildman–Crippen MR) is 118 cm³/mol. The van der Waals surface area contributed by atoms with Gasteiger partial charge in [0, 0.05) is 0 Å². The molecule has 4 heteroatoms. The molecule has 0 rings (SSSR count). The SMILES string of the molecule is CC(C)(COC(C)(C)CCCCCCCCCCCCCCCS)ON. The second-order valence-electron chi connectivity index (χ2n) is 9.00. The van der Waals surface area contributed by atoms with Gasteiger partial charge < -0.3 is 4.74 Å². The van der Waals surface area contributed by atoms with Crippen LogP contribution in [0, 0.1) is 0 Å². The van der Waals surface area contributed by atoms with E-state index >= 15 is 0 Å². The van der Waals surface area contributed by atoms with E-state index in [1.165, 1.54) is 83.5 Å². The molecule has 0 amide bonds. The highest BCUT2D eigenvalue weighted by Gasteiger charge is 2.24. The van der Waals surface area contributed by atoms with Crippen molar-refractivity contribution in [3.8, 4) is 0 Å². The molecule has 0 saturated heterocycles. The molecule has 158 valence electrons. The van der Waals surface area contributed by atoms with Gasteiger partial charge in [0.05, 0.1) is 12.2 Å². The number of thiol groups is 1. The Kier molecular flexibility index (Phi) is 16.4. The summed E-state index contributed by atoms with van der Waals surface area (Å²) in [5.74, 6) is 6.33. The Morgan fingerprint density at radius 3 is 1.38 bits per heavy atom. The normalized spacial score (nSPS) is 12.7. The Labute approximate surface area is 169 Å². The van der Waals surface area contributed by atoms with E-state index in [0.29, 0.717) is 6.61 Å². The van der Waals surface area contributed by atoms with E-state index in [9.17, 15) is 0 Å². The first-order valence-electron chi connectivity index (χ1n) is 11.0. The number of hydrogen-bond acceptors (Lipinski definition) is 4. The van der Waals surface area contributed by atoms with Gasteiger partial charge in [-0.1, -0.05) is 77.0 Å². The molecule has 0 atom stereocenters. The molecule has 0 radical (unpaired) electrons. The fraction of sp³-hybridized carbons (Fsp3) is 1.00. The molecule has 0 aliphatic carbocycles. The van der Waals surface area contributed by atoms with E-state index in [-0.39, 0.29) is 5.60 Å². The van der Waals surface area contributed by atoms with Crippen molar-refractivity contribution in [2.24, 2.45) is 5.90 Å². The molecular weight excluding hydrogens is 342 g/mol. The summed E-state index contributed by atoms with van der Waals surface area (Å²) in [6.45, 7) is 8.77. The maximum atomic E-state index is 5.99. The molecule has 0 aromatic heterocycles. The molecule has 0 aliphatic heterocycles. The lowest BCUT2D eigenvalue weighted by atomic mass is 9.98. The van der Waals surface area contributed by atoms with Crippen LogP contribution in [0.1, 0.15) is 118 Å². The van der Waals surface area contributed by atoms with Crippen LogP contribution in [0.5, 0.6) is 0 Å². The Morgan fingerprint density at radius 1 is 0.615 bits per heavy atom. The van der Waals surface area contributed by atoms with E-state index in [4.69, 9.17) is 15.5 Å². The molecule has 0 aliphatic rings. The third-order valence-corrected chi connectivity index (χ3v) is 5.38. The average Bonchev–Trinajstić information content (AvgIpc) is 2.60. The molecular formula is C22H47NO2S. The van der Waals surface area contributed by atoms with Gasteiger partial charge in [-0.15, -0.1) is 0 Å². The summed E-state index contributed by atoms with van der Waals surface area (Å²) in [5, 5.41) is 0. The number of ether oxygens (including phenoxy) is 1. The van der Waals surface area contributed by atoms with Gasteiger partial charge in [0.15, 0.2) is 0 Å². The highest BCUT2D eigenvalue weighted by Crippen LogP contribution is 2.22. The minimum absolute atomic E-state index is 0.0946. The van der Waals surface area contributed by atoms with Gasteiger partial charge in [0.1, 0.15) is 5.60 Å². The molecule has 2 N–H and O–H groups in total. The maximum absolute atomic E-state index is 5.99. The smallest absolute Gasteiger partial charge is 0.107 e. The fourth-order valence-corrected chi connectivity index (χ4v) is 3.31. The van der Waals surface area contributed by atoms with Crippen molar-refractivity contribution in [3.05, 3.63) is 0 Å². The Balaban J connectivity index is 3.37. The van der Waals surface area contributed by atoms with Gasteiger partial charge in [0.2, 0.25) is 0 Å². The molecule has 0 spiro atoms. The lowest BCUT2D eigenvalue weighted by Crippen LogP contribution is -2.38. The summed E-state index contributed by atoms with van der Waals surface area (Å²) in [6, 6.07) is 0. The predicted octanol–water partition coefficient (Wildman–Crippen LogP) is 6.84. The Morgan fingerprint density at radius 2 is 1.00 bits per heavy atom. The topological polar surface area (TPSA) is 44.5 Å². The molecule has 0 unspecified atom stereocenters. The van der Waals surface area contributed by atoms with Crippen LogP contribution < -0.4 is 5.90 Å². The van der Waals surface area contributed by atoms with E-state index in [1.54, 1.807) is 0 Å². The largest absolute Gasteiger partial charge is 0.373 e. The molecule has 0 bridgehead atoms. The van der Waals surface area contributed by atoms with Gasteiger partial charge in [0.25, 0.3) is 0 Å². The summed E-state index contributed by atoms with van der Waals surface area (Å²) in [6.07, 6.45) is 19.0. The van der Waals surface area contributed by atoms with Crippen LogP contribution in [-0.4, -0.2) is 23.6 Å². The second-order valence-corrected chi connectivity index (χ2v) is 9.44. The van der Waals surface area contributed by atoms with Crippen molar-refractivity contribution < 1.29 is 9.57 Å². The number of hydrogen-bond donors (Lipinski definition) is 2. The van der Waals surface area contributed by atoms with Gasteiger partial charge in [-0.3, -0.25) is 4.84 Å². The summed E-state index contributed by atoms with van der Waals surface area (Å²) in [5.41, 5.74) is -0.508. The summed E-state index contributed by atoms with van der Waals surface area (Å²) >= 11 is 4.26. The minimum atomic E-state index is -0.413. The van der Waals surface area contributed by atoms with E-state index in [1.807, 2.05) is 13.8 Å². The van der Waals surface area contributed by atoms with Crippen LogP contribution in [0.2, 0.25) is 0 Å². The molecule has 0 aromatic carbocycles. The molecule has 3 nitrogen and oxygen atoms in total. The standard InChI is InChI=1S/C22H47NO2S/c1-21(2,24-20-22(3,4)25-23)18-16-14-12-10-8-6-5-7-9-11-13-15-17-19-26/h26H,5-20,23H2,1-4H3. The quantitative estimate of drug-likeness (QED) is 0.144. The van der Waals surface area contributed by atoms with Gasteiger partial charge in [-0.25, -0.2) is 5.90 Å². The summed E-state index contributed by atoms with van der Waals surface area (Å²) in [4.78, 5) is 4.93. The van der Waals surface area contributed by atoms with Crippen molar-refractivity contribution in [1.29, 1.82) is 0 Å². The van der Waals surface area contributed by atoms with Crippen molar-refractivity contribution in [3.63, 3.8) is 0 Å². The second kappa shape index (κ2) is 16.2. The third kappa shape index (κ3) is 17.6. The van der Waals surface area contributed by atoms with Crippen LogP contribution in [0.15, 0.2) is 0 Å². The number of nitrogens with two attached hydrogens (primary N) is 1. The zero-order chi connectivity index (χ0) is 19.7. The van der Waals surface area contributed by atoms with Gasteiger partial charge in [-0.05, 0) is 46.3 Å². The first-order valence-corrected chi connectivity index (χ1v) is 11.6. The zero-order valence-electron chi connectivity index (χ0n) is 18.2. The monoisotopic (exact) mass is 389 g/mol. The minimum Gasteiger partial charge on any atom is -0.373 e. The van der Waals surface area contributed by atoms with Crippen molar-refractivity contribution in [2.45, 2.75) is 129 Å². The van der Waals surface area contributed by atoms with Crippen LogP contribution >= 0.6 is 12.6 Å². The highest BCUT2D eigenvalue weighted by molar-refractivity contribution is 7.80. The first kappa shape index (κ1) is 26.2. The fourth-order valence-electron chi connectivity index (χ4n) is 3.08. The van der Waals surface area contributed by atoms with Crippen LogP contribution in [0.3, 0.4) is 0 Å².